The van der Waals surface area contributed by atoms with Gasteiger partial charge in [0.25, 0.3) is 5.91 Å². The molecule has 0 radical (unpaired) electrons. The lowest BCUT2D eigenvalue weighted by atomic mass is 10.2. The van der Waals surface area contributed by atoms with Crippen molar-refractivity contribution in [3.63, 3.8) is 0 Å². The van der Waals surface area contributed by atoms with Crippen molar-refractivity contribution < 1.29 is 9.59 Å². The van der Waals surface area contributed by atoms with Gasteiger partial charge in [0.15, 0.2) is 0 Å². The quantitative estimate of drug-likeness (QED) is 0.940. The van der Waals surface area contributed by atoms with Gasteiger partial charge in [0.1, 0.15) is 0 Å². The van der Waals surface area contributed by atoms with Crippen LogP contribution in [0.5, 0.6) is 0 Å². The van der Waals surface area contributed by atoms with Crippen LogP contribution in [0.15, 0.2) is 48.8 Å². The van der Waals surface area contributed by atoms with Crippen LogP contribution in [0, 0.1) is 0 Å². The predicted molar refractivity (Wildman–Crippen MR) is 80.2 cm³/mol. The van der Waals surface area contributed by atoms with Crippen LogP contribution in [0.1, 0.15) is 23.2 Å². The fourth-order valence-electron chi connectivity index (χ4n) is 2.35. The third-order valence-corrected chi connectivity index (χ3v) is 3.45. The molecule has 1 aromatic heterocycles. The normalized spacial score (nSPS) is 14.3. The van der Waals surface area contributed by atoms with Crippen LogP contribution in [0.3, 0.4) is 0 Å². The molecule has 106 valence electrons. The first-order valence-electron chi connectivity index (χ1n) is 6.86. The Morgan fingerprint density at radius 1 is 1.10 bits per heavy atom. The summed E-state index contributed by atoms with van der Waals surface area (Å²) in [5.74, 6) is -0.0222. The Labute approximate surface area is 122 Å². The smallest absolute Gasteiger partial charge is 0.255 e. The van der Waals surface area contributed by atoms with Crippen molar-refractivity contribution in [3.8, 4) is 0 Å². The molecule has 21 heavy (non-hydrogen) atoms. The summed E-state index contributed by atoms with van der Waals surface area (Å²) in [5.41, 5.74) is 2.13. The van der Waals surface area contributed by atoms with E-state index >= 15 is 0 Å². The molecule has 0 atom stereocenters. The Hall–Kier alpha value is -2.69. The maximum Gasteiger partial charge on any atom is 0.255 e. The first-order valence-corrected chi connectivity index (χ1v) is 6.86. The number of benzene rings is 1. The molecule has 3 rings (SSSR count). The van der Waals surface area contributed by atoms with Crippen molar-refractivity contribution in [1.82, 2.24) is 4.98 Å². The first kappa shape index (κ1) is 13.3. The highest BCUT2D eigenvalue weighted by Gasteiger charge is 2.21. The molecule has 0 spiro atoms. The van der Waals surface area contributed by atoms with Crippen LogP contribution >= 0.6 is 0 Å². The minimum absolute atomic E-state index is 0.156. The van der Waals surface area contributed by atoms with E-state index in [0.717, 1.165) is 18.7 Å². The average molecular weight is 281 g/mol. The Kier molecular flexibility index (Phi) is 3.64. The average Bonchev–Trinajstić information content (AvgIpc) is 2.95. The maximum absolute atomic E-state index is 12.0. The van der Waals surface area contributed by atoms with Gasteiger partial charge in [-0.3, -0.25) is 14.6 Å². The van der Waals surface area contributed by atoms with E-state index in [9.17, 15) is 9.59 Å². The highest BCUT2D eigenvalue weighted by Crippen LogP contribution is 2.23. The van der Waals surface area contributed by atoms with Crippen molar-refractivity contribution >= 4 is 23.2 Å². The topological polar surface area (TPSA) is 62.3 Å². The number of amides is 2. The van der Waals surface area contributed by atoms with Gasteiger partial charge >= 0.3 is 0 Å². The van der Waals surface area contributed by atoms with Gasteiger partial charge in [-0.25, -0.2) is 0 Å². The summed E-state index contributed by atoms with van der Waals surface area (Å²) in [6, 6.07) is 10.6. The summed E-state index contributed by atoms with van der Waals surface area (Å²) in [5, 5.41) is 2.82. The van der Waals surface area contributed by atoms with Crippen LogP contribution in [0.4, 0.5) is 11.4 Å². The summed E-state index contributed by atoms with van der Waals surface area (Å²) < 4.78 is 0. The number of anilines is 2. The van der Waals surface area contributed by atoms with Crippen LogP contribution < -0.4 is 10.2 Å². The number of hydrogen-bond acceptors (Lipinski definition) is 3. The monoisotopic (exact) mass is 281 g/mol. The summed E-state index contributed by atoms with van der Waals surface area (Å²) in [4.78, 5) is 29.3. The lowest BCUT2D eigenvalue weighted by Crippen LogP contribution is -2.23. The van der Waals surface area contributed by atoms with E-state index in [-0.39, 0.29) is 11.8 Å². The molecule has 1 N–H and O–H groups in total. The Bertz CT molecular complexity index is 653. The van der Waals surface area contributed by atoms with Crippen LogP contribution in [0.2, 0.25) is 0 Å². The van der Waals surface area contributed by atoms with Crippen LogP contribution in [-0.2, 0) is 4.79 Å². The van der Waals surface area contributed by atoms with E-state index in [0.29, 0.717) is 17.7 Å². The van der Waals surface area contributed by atoms with Gasteiger partial charge in [-0.05, 0) is 42.8 Å². The number of rotatable bonds is 3. The molecule has 1 aromatic carbocycles. The highest BCUT2D eigenvalue weighted by atomic mass is 16.2. The standard InChI is InChI=1S/C16H15N3O2/c20-15-2-1-11-19(15)14-5-3-13(4-6-14)18-16(21)12-7-9-17-10-8-12/h3-10H,1-2,11H2,(H,18,21). The molecule has 1 aliphatic rings. The zero-order chi connectivity index (χ0) is 14.7. The largest absolute Gasteiger partial charge is 0.322 e. The fourth-order valence-corrected chi connectivity index (χ4v) is 2.35. The van der Waals surface area contributed by atoms with Gasteiger partial charge in [0.2, 0.25) is 5.91 Å². The van der Waals surface area contributed by atoms with Crippen molar-refractivity contribution in [2.24, 2.45) is 0 Å². The maximum atomic E-state index is 12.0. The first-order chi connectivity index (χ1) is 10.2. The molecule has 0 unspecified atom stereocenters. The van der Waals surface area contributed by atoms with E-state index in [1.807, 2.05) is 12.1 Å². The van der Waals surface area contributed by atoms with Crippen molar-refractivity contribution in [2.45, 2.75) is 12.8 Å². The van der Waals surface area contributed by atoms with E-state index in [4.69, 9.17) is 0 Å². The van der Waals surface area contributed by atoms with Gasteiger partial charge in [0.05, 0.1) is 0 Å². The second-order valence-corrected chi connectivity index (χ2v) is 4.89. The highest BCUT2D eigenvalue weighted by molar-refractivity contribution is 6.04. The Morgan fingerprint density at radius 3 is 2.43 bits per heavy atom. The molecule has 1 saturated heterocycles. The molecule has 5 heteroatoms. The number of nitrogens with one attached hydrogen (secondary N) is 1. The molecule has 5 nitrogen and oxygen atoms in total. The summed E-state index contributed by atoms with van der Waals surface area (Å²) in [7, 11) is 0. The molecule has 0 saturated carbocycles. The van der Waals surface area contributed by atoms with E-state index in [1.54, 1.807) is 41.6 Å². The summed E-state index contributed by atoms with van der Waals surface area (Å²) >= 11 is 0. The number of aromatic nitrogens is 1. The lowest BCUT2D eigenvalue weighted by molar-refractivity contribution is -0.117. The lowest BCUT2D eigenvalue weighted by Gasteiger charge is -2.16. The van der Waals surface area contributed by atoms with Gasteiger partial charge in [-0.2, -0.15) is 0 Å². The zero-order valence-electron chi connectivity index (χ0n) is 11.5. The van der Waals surface area contributed by atoms with Crippen LogP contribution in [0.25, 0.3) is 0 Å². The Balaban J connectivity index is 1.70. The SMILES string of the molecule is O=C(Nc1ccc(N2CCCC2=O)cc1)c1ccncc1. The molecule has 0 aliphatic carbocycles. The fraction of sp³-hybridized carbons (Fsp3) is 0.188. The third kappa shape index (κ3) is 2.91. The molecule has 2 heterocycles. The van der Waals surface area contributed by atoms with Crippen molar-refractivity contribution in [3.05, 3.63) is 54.4 Å². The number of hydrogen-bond donors (Lipinski definition) is 1. The van der Waals surface area contributed by atoms with Gasteiger partial charge in [-0.15, -0.1) is 0 Å². The third-order valence-electron chi connectivity index (χ3n) is 3.45. The molecule has 1 aliphatic heterocycles. The Morgan fingerprint density at radius 2 is 1.81 bits per heavy atom. The van der Waals surface area contributed by atoms with Gasteiger partial charge in [-0.1, -0.05) is 0 Å². The van der Waals surface area contributed by atoms with Gasteiger partial charge in [0, 0.05) is 42.3 Å². The molecular weight excluding hydrogens is 266 g/mol. The second kappa shape index (κ2) is 5.75. The van der Waals surface area contributed by atoms with E-state index in [1.165, 1.54) is 0 Å². The molecule has 0 bridgehead atoms. The summed E-state index contributed by atoms with van der Waals surface area (Å²) in [6.07, 6.45) is 4.67. The summed E-state index contributed by atoms with van der Waals surface area (Å²) in [6.45, 7) is 0.765. The number of nitrogens with zero attached hydrogens (tertiary/aromatic N) is 2. The zero-order valence-corrected chi connectivity index (χ0v) is 11.5. The number of carbonyl (C=O) groups excluding carboxylic acids is 2. The van der Waals surface area contributed by atoms with Crippen LogP contribution in [-0.4, -0.2) is 23.3 Å². The van der Waals surface area contributed by atoms with E-state index in [2.05, 4.69) is 10.3 Å². The van der Waals surface area contributed by atoms with Crippen molar-refractivity contribution in [1.29, 1.82) is 0 Å². The molecule has 2 amide bonds. The van der Waals surface area contributed by atoms with Crippen molar-refractivity contribution in [2.75, 3.05) is 16.8 Å². The number of carbonyl (C=O) groups is 2. The molecule has 1 fully saturated rings. The van der Waals surface area contributed by atoms with E-state index < -0.39 is 0 Å². The van der Waals surface area contributed by atoms with Gasteiger partial charge < -0.3 is 10.2 Å². The minimum Gasteiger partial charge on any atom is -0.322 e. The molecular formula is C16H15N3O2. The minimum atomic E-state index is -0.178. The molecule has 2 aromatic rings. The number of pyridine rings is 1. The second-order valence-electron chi connectivity index (χ2n) is 4.89. The predicted octanol–water partition coefficient (Wildman–Crippen LogP) is 2.46.